The highest BCUT2D eigenvalue weighted by atomic mass is 16.5. The molecule has 5 nitrogen and oxygen atoms in total. The SMILES string of the molecule is COC(=O)N1N=N[C@]2(C)[C@]3(C)C(C)=C(C)[C@@]3(C)[C@@]12C. The molecule has 0 radical (unpaired) electrons. The lowest BCUT2D eigenvalue weighted by Gasteiger charge is -2.81. The first-order valence-electron chi connectivity index (χ1n) is 6.64. The molecule has 0 saturated heterocycles. The first-order valence-corrected chi connectivity index (χ1v) is 6.64. The van der Waals surface area contributed by atoms with E-state index in [0.717, 1.165) is 0 Å². The molecule has 19 heavy (non-hydrogen) atoms. The number of carbonyl (C=O) groups is 1. The zero-order valence-electron chi connectivity index (χ0n) is 12.7. The van der Waals surface area contributed by atoms with Gasteiger partial charge in [0, 0.05) is 10.8 Å². The van der Waals surface area contributed by atoms with E-state index in [4.69, 9.17) is 4.74 Å². The molecule has 0 N–H and O–H groups in total. The maximum Gasteiger partial charge on any atom is 0.432 e. The summed E-state index contributed by atoms with van der Waals surface area (Å²) in [5.41, 5.74) is 1.75. The zero-order valence-corrected chi connectivity index (χ0v) is 12.7. The predicted octanol–water partition coefficient (Wildman–Crippen LogP) is 3.33. The van der Waals surface area contributed by atoms with Crippen LogP contribution in [0.3, 0.4) is 0 Å². The molecule has 5 heteroatoms. The van der Waals surface area contributed by atoms with Crippen molar-refractivity contribution in [2.24, 2.45) is 21.2 Å². The number of methoxy groups -OCH3 is 1. The molecular weight excluding hydrogens is 242 g/mol. The third kappa shape index (κ3) is 0.753. The number of fused-ring (bicyclic) bond motifs is 4. The lowest BCUT2D eigenvalue weighted by molar-refractivity contribution is -0.225. The maximum absolute atomic E-state index is 12.0. The Morgan fingerprint density at radius 3 is 2.16 bits per heavy atom. The minimum atomic E-state index is -0.453. The van der Waals surface area contributed by atoms with Gasteiger partial charge in [0.2, 0.25) is 0 Å². The second-order valence-corrected chi connectivity index (χ2v) is 6.62. The highest BCUT2D eigenvalue weighted by Crippen LogP contribution is 2.84. The summed E-state index contributed by atoms with van der Waals surface area (Å²) in [5.74, 6) is 0. The first-order chi connectivity index (χ1) is 8.64. The van der Waals surface area contributed by atoms with E-state index in [1.54, 1.807) is 0 Å². The molecule has 0 aromatic heterocycles. The maximum atomic E-state index is 12.0. The fourth-order valence-corrected chi connectivity index (χ4v) is 5.20. The number of amides is 1. The van der Waals surface area contributed by atoms with Crippen LogP contribution in [0.4, 0.5) is 4.79 Å². The Kier molecular flexibility index (Phi) is 1.90. The van der Waals surface area contributed by atoms with Gasteiger partial charge < -0.3 is 4.74 Å². The van der Waals surface area contributed by atoms with Gasteiger partial charge in [0.05, 0.1) is 7.11 Å². The summed E-state index contributed by atoms with van der Waals surface area (Å²) in [6, 6.07) is 0. The van der Waals surface area contributed by atoms with Crippen LogP contribution < -0.4 is 0 Å². The molecular formula is C14H21N3O2. The van der Waals surface area contributed by atoms with E-state index in [-0.39, 0.29) is 16.4 Å². The quantitative estimate of drug-likeness (QED) is 0.629. The summed E-state index contributed by atoms with van der Waals surface area (Å²) < 4.78 is 4.86. The molecule has 0 bridgehead atoms. The zero-order chi connectivity index (χ0) is 14.4. The van der Waals surface area contributed by atoms with Crippen LogP contribution in [-0.4, -0.2) is 29.3 Å². The lowest BCUT2D eigenvalue weighted by Crippen LogP contribution is -2.89. The molecule has 1 amide bonds. The first kappa shape index (κ1) is 12.6. The van der Waals surface area contributed by atoms with Crippen molar-refractivity contribution in [2.75, 3.05) is 7.11 Å². The van der Waals surface area contributed by atoms with Crippen LogP contribution in [0.5, 0.6) is 0 Å². The van der Waals surface area contributed by atoms with Gasteiger partial charge >= 0.3 is 6.09 Å². The van der Waals surface area contributed by atoms with Gasteiger partial charge in [0.25, 0.3) is 0 Å². The molecule has 0 unspecified atom stereocenters. The monoisotopic (exact) mass is 263 g/mol. The summed E-state index contributed by atoms with van der Waals surface area (Å²) >= 11 is 0. The van der Waals surface area contributed by atoms with E-state index >= 15 is 0 Å². The van der Waals surface area contributed by atoms with Crippen molar-refractivity contribution in [1.29, 1.82) is 0 Å². The van der Waals surface area contributed by atoms with Crippen molar-refractivity contribution in [3.05, 3.63) is 11.1 Å². The average Bonchev–Trinajstić information content (AvgIpc) is 2.67. The largest absolute Gasteiger partial charge is 0.451 e. The molecule has 0 spiro atoms. The molecule has 104 valence electrons. The van der Waals surface area contributed by atoms with E-state index in [1.165, 1.54) is 23.3 Å². The Bertz CT molecular complexity index is 569. The van der Waals surface area contributed by atoms with Crippen LogP contribution in [0.25, 0.3) is 0 Å². The highest BCUT2D eigenvalue weighted by Gasteiger charge is 2.90. The summed E-state index contributed by atoms with van der Waals surface area (Å²) in [5, 5.41) is 10.0. The van der Waals surface area contributed by atoms with Crippen LogP contribution in [0.1, 0.15) is 41.5 Å². The van der Waals surface area contributed by atoms with Gasteiger partial charge in [-0.05, 0) is 27.7 Å². The second-order valence-electron chi connectivity index (χ2n) is 6.62. The van der Waals surface area contributed by atoms with E-state index in [0.29, 0.717) is 0 Å². The lowest BCUT2D eigenvalue weighted by atomic mass is 9.23. The van der Waals surface area contributed by atoms with Gasteiger partial charge in [-0.3, -0.25) is 0 Å². The number of hydrogen-bond donors (Lipinski definition) is 0. The van der Waals surface area contributed by atoms with Gasteiger partial charge in [-0.1, -0.05) is 30.2 Å². The summed E-state index contributed by atoms with van der Waals surface area (Å²) in [6.45, 7) is 12.9. The van der Waals surface area contributed by atoms with Crippen LogP contribution in [0, 0.1) is 10.8 Å². The Balaban J connectivity index is 2.20. The summed E-state index contributed by atoms with van der Waals surface area (Å²) in [6.07, 6.45) is -0.435. The number of carbonyl (C=O) groups excluding carboxylic acids is 1. The van der Waals surface area contributed by atoms with Crippen molar-refractivity contribution < 1.29 is 9.53 Å². The molecule has 4 atom stereocenters. The van der Waals surface area contributed by atoms with Crippen LogP contribution in [0.15, 0.2) is 21.5 Å². The summed E-state index contributed by atoms with van der Waals surface area (Å²) in [7, 11) is 1.38. The second kappa shape index (κ2) is 2.86. The van der Waals surface area contributed by atoms with Crippen molar-refractivity contribution in [1.82, 2.24) is 5.01 Å². The minimum Gasteiger partial charge on any atom is -0.451 e. The van der Waals surface area contributed by atoms with Crippen molar-refractivity contribution in [3.63, 3.8) is 0 Å². The minimum absolute atomic E-state index is 0.0366. The fourth-order valence-electron chi connectivity index (χ4n) is 5.20. The van der Waals surface area contributed by atoms with E-state index in [9.17, 15) is 4.79 Å². The molecule has 1 saturated carbocycles. The van der Waals surface area contributed by atoms with Crippen LogP contribution in [0.2, 0.25) is 0 Å². The standard InChI is InChI=1S/C14H21N3O2/c1-8-9(2)12(4)11(8,3)13(5)14(12,6)17(16-15-13)10(18)19-7/h1-7H3/t11-,12-,13-,14-/m1/s1. The van der Waals surface area contributed by atoms with Gasteiger partial charge in [0.1, 0.15) is 11.1 Å². The van der Waals surface area contributed by atoms with Crippen molar-refractivity contribution in [3.8, 4) is 0 Å². The molecule has 0 aromatic carbocycles. The van der Waals surface area contributed by atoms with Crippen molar-refractivity contribution in [2.45, 2.75) is 52.6 Å². The molecule has 2 aliphatic carbocycles. The Morgan fingerprint density at radius 2 is 1.63 bits per heavy atom. The van der Waals surface area contributed by atoms with E-state index in [1.807, 2.05) is 0 Å². The normalized spacial score (nSPS) is 50.4. The van der Waals surface area contributed by atoms with Crippen LogP contribution in [-0.2, 0) is 4.74 Å². The third-order valence-corrected chi connectivity index (χ3v) is 7.06. The van der Waals surface area contributed by atoms with Crippen LogP contribution >= 0.6 is 0 Å². The molecule has 0 aromatic rings. The van der Waals surface area contributed by atoms with E-state index in [2.05, 4.69) is 51.9 Å². The fraction of sp³-hybridized carbons (Fsp3) is 0.786. The average molecular weight is 263 g/mol. The van der Waals surface area contributed by atoms with Gasteiger partial charge in [-0.25, -0.2) is 4.79 Å². The Morgan fingerprint density at radius 1 is 1.11 bits per heavy atom. The van der Waals surface area contributed by atoms with Crippen molar-refractivity contribution >= 4 is 6.09 Å². The van der Waals surface area contributed by atoms with E-state index < -0.39 is 11.6 Å². The number of rotatable bonds is 0. The molecule has 1 heterocycles. The number of ether oxygens (including phenoxy) is 1. The summed E-state index contributed by atoms with van der Waals surface area (Å²) in [4.78, 5) is 12.0. The molecule has 3 rings (SSSR count). The molecule has 3 aliphatic rings. The smallest absolute Gasteiger partial charge is 0.432 e. The highest BCUT2D eigenvalue weighted by molar-refractivity contribution is 5.73. The third-order valence-electron chi connectivity index (χ3n) is 7.06. The molecule has 1 fully saturated rings. The Hall–Kier alpha value is -1.39. The predicted molar refractivity (Wildman–Crippen MR) is 70.5 cm³/mol. The molecule has 1 aliphatic heterocycles. The number of hydrogen-bond acceptors (Lipinski definition) is 4. The van der Waals surface area contributed by atoms with Gasteiger partial charge in [-0.2, -0.15) is 10.1 Å². The Labute approximate surface area is 113 Å². The number of nitrogens with zero attached hydrogens (tertiary/aromatic N) is 3. The topological polar surface area (TPSA) is 54.3 Å². The van der Waals surface area contributed by atoms with Gasteiger partial charge in [0.15, 0.2) is 0 Å². The van der Waals surface area contributed by atoms with Gasteiger partial charge in [-0.15, -0.1) is 0 Å².